The van der Waals surface area contributed by atoms with Crippen molar-refractivity contribution in [1.82, 2.24) is 4.98 Å². The molecule has 0 fully saturated rings. The van der Waals surface area contributed by atoms with Crippen LogP contribution in [-0.4, -0.2) is 10.9 Å². The first-order valence-electron chi connectivity index (χ1n) is 7.49. The standard InChI is InChI=1S/C19H14FIN2O2/c1-12-17(9-10-18(20)22-12)19(24)23-14-5-7-15(8-6-14)25-16-4-2-3-13(21)11-16/h2-11H,1H3,(H,23,24). The van der Waals surface area contributed by atoms with Crippen molar-refractivity contribution >= 4 is 34.2 Å². The molecule has 0 aliphatic rings. The summed E-state index contributed by atoms with van der Waals surface area (Å²) >= 11 is 2.22. The molecule has 0 aliphatic carbocycles. The van der Waals surface area contributed by atoms with Crippen LogP contribution in [0, 0.1) is 16.4 Å². The van der Waals surface area contributed by atoms with Crippen LogP contribution < -0.4 is 10.1 Å². The predicted molar refractivity (Wildman–Crippen MR) is 103 cm³/mol. The fourth-order valence-corrected chi connectivity index (χ4v) is 2.76. The first-order valence-corrected chi connectivity index (χ1v) is 8.57. The molecule has 1 aromatic heterocycles. The fourth-order valence-electron chi connectivity index (χ4n) is 2.24. The summed E-state index contributed by atoms with van der Waals surface area (Å²) < 4.78 is 19.9. The maximum atomic E-state index is 13.0. The molecule has 0 aliphatic heterocycles. The van der Waals surface area contributed by atoms with Crippen molar-refractivity contribution in [2.45, 2.75) is 6.92 Å². The summed E-state index contributed by atoms with van der Waals surface area (Å²) in [5, 5.41) is 2.76. The number of amides is 1. The van der Waals surface area contributed by atoms with Crippen LogP contribution >= 0.6 is 22.6 Å². The van der Waals surface area contributed by atoms with Crippen LogP contribution in [0.4, 0.5) is 10.1 Å². The number of anilines is 1. The van der Waals surface area contributed by atoms with Crippen LogP contribution in [0.3, 0.4) is 0 Å². The third kappa shape index (κ3) is 4.54. The highest BCUT2D eigenvalue weighted by molar-refractivity contribution is 14.1. The zero-order valence-corrected chi connectivity index (χ0v) is 15.5. The molecule has 6 heteroatoms. The first kappa shape index (κ1) is 17.3. The van der Waals surface area contributed by atoms with Crippen molar-refractivity contribution in [2.24, 2.45) is 0 Å². The normalized spacial score (nSPS) is 10.4. The maximum absolute atomic E-state index is 13.0. The predicted octanol–water partition coefficient (Wildman–Crippen LogP) is 5.18. The van der Waals surface area contributed by atoms with Crippen molar-refractivity contribution < 1.29 is 13.9 Å². The first-order chi connectivity index (χ1) is 12.0. The summed E-state index contributed by atoms with van der Waals surface area (Å²) in [5.74, 6) is 0.471. The lowest BCUT2D eigenvalue weighted by Crippen LogP contribution is -2.14. The van der Waals surface area contributed by atoms with Crippen LogP contribution in [0.2, 0.25) is 0 Å². The van der Waals surface area contributed by atoms with Gasteiger partial charge in [-0.25, -0.2) is 4.98 Å². The van der Waals surface area contributed by atoms with Crippen molar-refractivity contribution in [2.75, 3.05) is 5.32 Å². The van der Waals surface area contributed by atoms with Crippen LogP contribution in [0.5, 0.6) is 11.5 Å². The van der Waals surface area contributed by atoms with Gasteiger partial charge in [0, 0.05) is 9.26 Å². The number of pyridine rings is 1. The van der Waals surface area contributed by atoms with Crippen molar-refractivity contribution in [1.29, 1.82) is 0 Å². The van der Waals surface area contributed by atoms with Gasteiger partial charge in [-0.15, -0.1) is 0 Å². The van der Waals surface area contributed by atoms with Gasteiger partial charge in [0.25, 0.3) is 5.91 Å². The van der Waals surface area contributed by atoms with E-state index in [9.17, 15) is 9.18 Å². The molecule has 0 saturated carbocycles. The number of benzene rings is 2. The molecule has 126 valence electrons. The van der Waals surface area contributed by atoms with Gasteiger partial charge in [-0.2, -0.15) is 4.39 Å². The molecule has 3 rings (SSSR count). The monoisotopic (exact) mass is 448 g/mol. The Morgan fingerprint density at radius 1 is 1.08 bits per heavy atom. The third-order valence-electron chi connectivity index (χ3n) is 3.44. The molecule has 25 heavy (non-hydrogen) atoms. The highest BCUT2D eigenvalue weighted by Gasteiger charge is 2.11. The SMILES string of the molecule is Cc1nc(F)ccc1C(=O)Nc1ccc(Oc2cccc(I)c2)cc1. The summed E-state index contributed by atoms with van der Waals surface area (Å²) in [4.78, 5) is 15.9. The molecule has 4 nitrogen and oxygen atoms in total. The number of hydrogen-bond acceptors (Lipinski definition) is 3. The highest BCUT2D eigenvalue weighted by atomic mass is 127. The zero-order chi connectivity index (χ0) is 17.8. The highest BCUT2D eigenvalue weighted by Crippen LogP contribution is 2.24. The number of ether oxygens (including phenoxy) is 1. The number of halogens is 2. The Bertz CT molecular complexity index is 914. The number of aromatic nitrogens is 1. The van der Waals surface area contributed by atoms with E-state index in [1.54, 1.807) is 31.2 Å². The van der Waals surface area contributed by atoms with Gasteiger partial charge in [0.1, 0.15) is 11.5 Å². The summed E-state index contributed by atoms with van der Waals surface area (Å²) in [6, 6.07) is 17.3. The Balaban J connectivity index is 1.69. The molecule has 0 radical (unpaired) electrons. The van der Waals surface area contributed by atoms with Gasteiger partial charge < -0.3 is 10.1 Å². The Labute approximate surface area is 158 Å². The van der Waals surface area contributed by atoms with Gasteiger partial charge in [-0.1, -0.05) is 6.07 Å². The minimum atomic E-state index is -0.605. The Kier molecular flexibility index (Phi) is 5.28. The van der Waals surface area contributed by atoms with Gasteiger partial charge in [0.2, 0.25) is 5.95 Å². The number of nitrogens with zero attached hydrogens (tertiary/aromatic N) is 1. The number of aryl methyl sites for hydroxylation is 1. The molecule has 3 aromatic rings. The summed E-state index contributed by atoms with van der Waals surface area (Å²) in [6.07, 6.45) is 0. The lowest BCUT2D eigenvalue weighted by Gasteiger charge is -2.09. The molecular weight excluding hydrogens is 434 g/mol. The van der Waals surface area contributed by atoms with E-state index >= 15 is 0 Å². The van der Waals surface area contributed by atoms with Crippen LogP contribution in [0.15, 0.2) is 60.7 Å². The van der Waals surface area contributed by atoms with E-state index in [1.807, 2.05) is 24.3 Å². The molecule has 0 bridgehead atoms. The largest absolute Gasteiger partial charge is 0.457 e. The fraction of sp³-hybridized carbons (Fsp3) is 0.0526. The van der Waals surface area contributed by atoms with Gasteiger partial charge >= 0.3 is 0 Å². The van der Waals surface area contributed by atoms with E-state index in [0.29, 0.717) is 22.7 Å². The smallest absolute Gasteiger partial charge is 0.257 e. The Morgan fingerprint density at radius 3 is 2.52 bits per heavy atom. The molecule has 1 amide bonds. The van der Waals surface area contributed by atoms with Gasteiger partial charge in [0.05, 0.1) is 11.3 Å². The van der Waals surface area contributed by atoms with E-state index < -0.39 is 5.95 Å². The Hall–Kier alpha value is -2.48. The van der Waals surface area contributed by atoms with Gasteiger partial charge in [-0.05, 0) is 84.1 Å². The van der Waals surface area contributed by atoms with Gasteiger partial charge in [0.15, 0.2) is 0 Å². The molecule has 1 N–H and O–H groups in total. The van der Waals surface area contributed by atoms with Crippen LogP contribution in [-0.2, 0) is 0 Å². The Morgan fingerprint density at radius 2 is 1.84 bits per heavy atom. The third-order valence-corrected chi connectivity index (χ3v) is 4.11. The van der Waals surface area contributed by atoms with Crippen molar-refractivity contribution in [3.8, 4) is 11.5 Å². The molecular formula is C19H14FIN2O2. The summed E-state index contributed by atoms with van der Waals surface area (Å²) in [6.45, 7) is 1.59. The average Bonchev–Trinajstić information content (AvgIpc) is 2.56. The average molecular weight is 448 g/mol. The molecule has 0 atom stereocenters. The number of hydrogen-bond donors (Lipinski definition) is 1. The summed E-state index contributed by atoms with van der Waals surface area (Å²) in [5.41, 5.74) is 1.29. The second kappa shape index (κ2) is 7.60. The van der Waals surface area contributed by atoms with E-state index in [1.165, 1.54) is 12.1 Å². The quantitative estimate of drug-likeness (QED) is 0.442. The molecule has 0 unspecified atom stereocenters. The van der Waals surface area contributed by atoms with E-state index in [4.69, 9.17) is 4.74 Å². The van der Waals surface area contributed by atoms with Gasteiger partial charge in [-0.3, -0.25) is 4.79 Å². The van der Waals surface area contributed by atoms with E-state index in [2.05, 4.69) is 32.9 Å². The van der Waals surface area contributed by atoms with Crippen LogP contribution in [0.25, 0.3) is 0 Å². The van der Waals surface area contributed by atoms with Crippen LogP contribution in [0.1, 0.15) is 16.1 Å². The molecule has 0 spiro atoms. The van der Waals surface area contributed by atoms with Crippen molar-refractivity contribution in [3.63, 3.8) is 0 Å². The van der Waals surface area contributed by atoms with Crippen molar-refractivity contribution in [3.05, 3.63) is 81.4 Å². The maximum Gasteiger partial charge on any atom is 0.257 e. The zero-order valence-electron chi connectivity index (χ0n) is 13.3. The second-order valence-electron chi connectivity index (χ2n) is 5.30. The lowest BCUT2D eigenvalue weighted by molar-refractivity contribution is 0.102. The minimum absolute atomic E-state index is 0.334. The van der Waals surface area contributed by atoms with E-state index in [-0.39, 0.29) is 5.91 Å². The molecule has 0 saturated heterocycles. The topological polar surface area (TPSA) is 51.2 Å². The number of nitrogens with one attached hydrogen (secondary N) is 1. The number of carbonyl (C=O) groups excluding carboxylic acids is 1. The minimum Gasteiger partial charge on any atom is -0.457 e. The second-order valence-corrected chi connectivity index (χ2v) is 6.55. The molecule has 1 heterocycles. The number of rotatable bonds is 4. The summed E-state index contributed by atoms with van der Waals surface area (Å²) in [7, 11) is 0. The number of carbonyl (C=O) groups is 1. The molecule has 2 aromatic carbocycles. The van der Waals surface area contributed by atoms with E-state index in [0.717, 1.165) is 9.32 Å². The lowest BCUT2D eigenvalue weighted by atomic mass is 10.2.